The SMILES string of the molecule is Cc1cccc(C(=O)COCCCc2ccncc2)c1. The van der Waals surface area contributed by atoms with E-state index in [9.17, 15) is 4.79 Å². The van der Waals surface area contributed by atoms with E-state index in [1.165, 1.54) is 5.56 Å². The van der Waals surface area contributed by atoms with Crippen molar-refractivity contribution in [3.8, 4) is 0 Å². The fourth-order valence-corrected chi connectivity index (χ4v) is 1.99. The van der Waals surface area contributed by atoms with Gasteiger partial charge in [-0.1, -0.05) is 23.8 Å². The Kier molecular flexibility index (Phi) is 5.44. The summed E-state index contributed by atoms with van der Waals surface area (Å²) in [4.78, 5) is 15.9. The molecule has 0 bridgehead atoms. The molecule has 1 aromatic heterocycles. The third-order valence-corrected chi connectivity index (χ3v) is 3.08. The Morgan fingerprint density at radius 2 is 2.00 bits per heavy atom. The molecule has 3 heteroatoms. The molecule has 0 aliphatic heterocycles. The maximum absolute atomic E-state index is 11.9. The summed E-state index contributed by atoms with van der Waals surface area (Å²) in [5.74, 6) is 0.0395. The first-order chi connectivity index (χ1) is 9.75. The van der Waals surface area contributed by atoms with Gasteiger partial charge in [-0.3, -0.25) is 9.78 Å². The lowest BCUT2D eigenvalue weighted by Gasteiger charge is -2.05. The van der Waals surface area contributed by atoms with E-state index >= 15 is 0 Å². The number of hydrogen-bond acceptors (Lipinski definition) is 3. The zero-order valence-electron chi connectivity index (χ0n) is 11.7. The summed E-state index contributed by atoms with van der Waals surface area (Å²) < 4.78 is 5.45. The zero-order valence-corrected chi connectivity index (χ0v) is 11.7. The lowest BCUT2D eigenvalue weighted by molar-refractivity contribution is 0.0756. The van der Waals surface area contributed by atoms with Crippen molar-refractivity contribution in [2.45, 2.75) is 19.8 Å². The van der Waals surface area contributed by atoms with E-state index < -0.39 is 0 Å². The highest BCUT2D eigenvalue weighted by Gasteiger charge is 2.05. The number of hydrogen-bond donors (Lipinski definition) is 0. The van der Waals surface area contributed by atoms with E-state index in [0.717, 1.165) is 24.0 Å². The molecular weight excluding hydrogens is 250 g/mol. The fraction of sp³-hybridized carbons (Fsp3) is 0.294. The third-order valence-electron chi connectivity index (χ3n) is 3.08. The molecule has 2 rings (SSSR count). The Morgan fingerprint density at radius 1 is 1.20 bits per heavy atom. The van der Waals surface area contributed by atoms with Crippen molar-refractivity contribution in [1.29, 1.82) is 0 Å². The molecule has 0 saturated heterocycles. The van der Waals surface area contributed by atoms with Crippen LogP contribution in [0.3, 0.4) is 0 Å². The Labute approximate surface area is 119 Å². The van der Waals surface area contributed by atoms with Crippen molar-refractivity contribution in [3.63, 3.8) is 0 Å². The number of aryl methyl sites for hydroxylation is 2. The van der Waals surface area contributed by atoms with E-state index in [1.54, 1.807) is 12.4 Å². The largest absolute Gasteiger partial charge is 0.373 e. The standard InChI is InChI=1S/C17H19NO2/c1-14-4-2-6-16(12-14)17(19)13-20-11-3-5-15-7-9-18-10-8-15/h2,4,6-10,12H,3,5,11,13H2,1H3. The predicted molar refractivity (Wildman–Crippen MR) is 78.9 cm³/mol. The maximum atomic E-state index is 11.9. The number of Topliss-reactive ketones (excluding diaryl/α,β-unsaturated/α-hetero) is 1. The number of carbonyl (C=O) groups is 1. The quantitative estimate of drug-likeness (QED) is 0.572. The van der Waals surface area contributed by atoms with Gasteiger partial charge in [-0.05, 0) is 43.5 Å². The number of pyridine rings is 1. The van der Waals surface area contributed by atoms with Crippen LogP contribution < -0.4 is 0 Å². The van der Waals surface area contributed by atoms with Crippen LogP contribution in [0.25, 0.3) is 0 Å². The van der Waals surface area contributed by atoms with Gasteiger partial charge in [0.25, 0.3) is 0 Å². The average Bonchev–Trinajstić information content (AvgIpc) is 2.48. The van der Waals surface area contributed by atoms with E-state index in [4.69, 9.17) is 4.74 Å². The predicted octanol–water partition coefficient (Wildman–Crippen LogP) is 3.22. The van der Waals surface area contributed by atoms with Crippen LogP contribution >= 0.6 is 0 Å². The zero-order chi connectivity index (χ0) is 14.2. The number of carbonyl (C=O) groups excluding carboxylic acids is 1. The molecule has 0 aliphatic carbocycles. The molecule has 104 valence electrons. The molecule has 0 fully saturated rings. The van der Waals surface area contributed by atoms with Crippen molar-refractivity contribution in [2.24, 2.45) is 0 Å². The minimum atomic E-state index is 0.0395. The van der Waals surface area contributed by atoms with Crippen molar-refractivity contribution >= 4 is 5.78 Å². The van der Waals surface area contributed by atoms with Gasteiger partial charge in [-0.15, -0.1) is 0 Å². The molecular formula is C17H19NO2. The van der Waals surface area contributed by atoms with Gasteiger partial charge in [0.05, 0.1) is 0 Å². The maximum Gasteiger partial charge on any atom is 0.188 e. The molecule has 0 N–H and O–H groups in total. The Morgan fingerprint density at radius 3 is 2.75 bits per heavy atom. The van der Waals surface area contributed by atoms with Gasteiger partial charge in [0, 0.05) is 24.6 Å². The van der Waals surface area contributed by atoms with E-state index in [2.05, 4.69) is 4.98 Å². The molecule has 2 aromatic rings. The second-order valence-corrected chi connectivity index (χ2v) is 4.80. The first-order valence-electron chi connectivity index (χ1n) is 6.82. The molecule has 20 heavy (non-hydrogen) atoms. The molecule has 1 heterocycles. The molecule has 0 radical (unpaired) electrons. The normalized spacial score (nSPS) is 10.4. The van der Waals surface area contributed by atoms with Gasteiger partial charge in [0.15, 0.2) is 5.78 Å². The molecule has 0 amide bonds. The summed E-state index contributed by atoms with van der Waals surface area (Å²) in [5, 5.41) is 0. The van der Waals surface area contributed by atoms with E-state index in [0.29, 0.717) is 6.61 Å². The van der Waals surface area contributed by atoms with Crippen LogP contribution in [0.5, 0.6) is 0 Å². The number of nitrogens with zero attached hydrogens (tertiary/aromatic N) is 1. The lowest BCUT2D eigenvalue weighted by Crippen LogP contribution is -2.10. The Hall–Kier alpha value is -2.00. The highest BCUT2D eigenvalue weighted by Crippen LogP contribution is 2.06. The van der Waals surface area contributed by atoms with Crippen LogP contribution in [0, 0.1) is 6.92 Å². The van der Waals surface area contributed by atoms with Crippen LogP contribution in [0.1, 0.15) is 27.9 Å². The highest BCUT2D eigenvalue weighted by atomic mass is 16.5. The van der Waals surface area contributed by atoms with Gasteiger partial charge in [-0.2, -0.15) is 0 Å². The third kappa shape index (κ3) is 4.59. The smallest absolute Gasteiger partial charge is 0.188 e. The summed E-state index contributed by atoms with van der Waals surface area (Å²) in [6.45, 7) is 2.73. The summed E-state index contributed by atoms with van der Waals surface area (Å²) >= 11 is 0. The van der Waals surface area contributed by atoms with Gasteiger partial charge in [0.1, 0.15) is 6.61 Å². The Bertz CT molecular complexity index is 552. The van der Waals surface area contributed by atoms with E-state index in [1.807, 2.05) is 43.3 Å². The summed E-state index contributed by atoms with van der Waals surface area (Å²) in [7, 11) is 0. The van der Waals surface area contributed by atoms with Crippen molar-refractivity contribution in [1.82, 2.24) is 4.98 Å². The summed E-state index contributed by atoms with van der Waals surface area (Å²) in [6.07, 6.45) is 5.43. The van der Waals surface area contributed by atoms with Crippen molar-refractivity contribution in [2.75, 3.05) is 13.2 Å². The van der Waals surface area contributed by atoms with Crippen molar-refractivity contribution < 1.29 is 9.53 Å². The minimum absolute atomic E-state index is 0.0395. The van der Waals surface area contributed by atoms with Gasteiger partial charge in [0.2, 0.25) is 0 Å². The monoisotopic (exact) mass is 269 g/mol. The Balaban J connectivity index is 1.67. The lowest BCUT2D eigenvalue weighted by atomic mass is 10.1. The summed E-state index contributed by atoms with van der Waals surface area (Å²) in [5.41, 5.74) is 3.06. The van der Waals surface area contributed by atoms with Crippen LogP contribution in [0.2, 0.25) is 0 Å². The molecule has 1 aromatic carbocycles. The molecule has 0 unspecified atom stereocenters. The number of aromatic nitrogens is 1. The molecule has 0 spiro atoms. The molecule has 0 aliphatic rings. The topological polar surface area (TPSA) is 39.2 Å². The molecule has 0 atom stereocenters. The first kappa shape index (κ1) is 14.4. The fourth-order valence-electron chi connectivity index (χ4n) is 1.99. The van der Waals surface area contributed by atoms with Crippen molar-refractivity contribution in [3.05, 3.63) is 65.5 Å². The number of benzene rings is 1. The molecule has 3 nitrogen and oxygen atoms in total. The number of ketones is 1. The van der Waals surface area contributed by atoms with Crippen LogP contribution in [0.15, 0.2) is 48.8 Å². The van der Waals surface area contributed by atoms with E-state index in [-0.39, 0.29) is 12.4 Å². The molecule has 0 saturated carbocycles. The second-order valence-electron chi connectivity index (χ2n) is 4.80. The van der Waals surface area contributed by atoms with Crippen LogP contribution in [-0.4, -0.2) is 24.0 Å². The van der Waals surface area contributed by atoms with Crippen LogP contribution in [0.4, 0.5) is 0 Å². The first-order valence-corrected chi connectivity index (χ1v) is 6.82. The average molecular weight is 269 g/mol. The van der Waals surface area contributed by atoms with Gasteiger partial charge >= 0.3 is 0 Å². The highest BCUT2D eigenvalue weighted by molar-refractivity contribution is 5.97. The number of rotatable bonds is 7. The van der Waals surface area contributed by atoms with Gasteiger partial charge < -0.3 is 4.74 Å². The van der Waals surface area contributed by atoms with Crippen LogP contribution in [-0.2, 0) is 11.2 Å². The summed E-state index contributed by atoms with van der Waals surface area (Å²) in [6, 6.07) is 11.6. The number of ether oxygens (including phenoxy) is 1. The second kappa shape index (κ2) is 7.56. The minimum Gasteiger partial charge on any atom is -0.373 e. The van der Waals surface area contributed by atoms with Gasteiger partial charge in [-0.25, -0.2) is 0 Å².